The number of carboxylic acids is 1. The Bertz CT molecular complexity index is 694. The van der Waals surface area contributed by atoms with E-state index in [1.54, 1.807) is 31.4 Å². The number of aromatic nitrogens is 2. The number of methoxy groups -OCH3 is 1. The zero-order valence-electron chi connectivity index (χ0n) is 13.7. The van der Waals surface area contributed by atoms with Crippen molar-refractivity contribution in [2.75, 3.05) is 7.11 Å². The van der Waals surface area contributed by atoms with Gasteiger partial charge in [-0.15, -0.1) is 0 Å². The molecule has 0 fully saturated rings. The maximum Gasteiger partial charge on any atom is 0.326 e. The van der Waals surface area contributed by atoms with Crippen LogP contribution in [-0.2, 0) is 4.79 Å². The standard InChI is InChI=1S/C17H21N3O4/c1-3-4-5-14(17(22)23)19-16(21)13-10-18-20-15(13)11-6-8-12(24-2)9-7-11/h6-10,14H,3-5H2,1-2H3,(H,18,20)(H,19,21)(H,22,23). The monoisotopic (exact) mass is 331 g/mol. The number of aromatic amines is 1. The first-order valence-corrected chi connectivity index (χ1v) is 7.78. The van der Waals surface area contributed by atoms with E-state index in [-0.39, 0.29) is 0 Å². The molecule has 1 aromatic heterocycles. The van der Waals surface area contributed by atoms with Crippen LogP contribution in [0.5, 0.6) is 5.75 Å². The van der Waals surface area contributed by atoms with E-state index in [1.165, 1.54) is 6.20 Å². The summed E-state index contributed by atoms with van der Waals surface area (Å²) < 4.78 is 5.11. The Balaban J connectivity index is 2.18. The molecule has 1 heterocycles. The van der Waals surface area contributed by atoms with Gasteiger partial charge in [0, 0.05) is 5.56 Å². The fourth-order valence-electron chi connectivity index (χ4n) is 2.34. The number of H-pyrrole nitrogens is 1. The lowest BCUT2D eigenvalue weighted by atomic mass is 10.1. The first-order chi connectivity index (χ1) is 11.6. The van der Waals surface area contributed by atoms with E-state index < -0.39 is 17.9 Å². The summed E-state index contributed by atoms with van der Waals surface area (Å²) in [6.45, 7) is 1.97. The number of aliphatic carboxylic acids is 1. The summed E-state index contributed by atoms with van der Waals surface area (Å²) >= 11 is 0. The van der Waals surface area contributed by atoms with Crippen molar-refractivity contribution >= 4 is 11.9 Å². The average Bonchev–Trinajstić information content (AvgIpc) is 3.08. The van der Waals surface area contributed by atoms with Gasteiger partial charge in [-0.3, -0.25) is 9.89 Å². The molecular weight excluding hydrogens is 310 g/mol. The third-order valence-corrected chi connectivity index (χ3v) is 3.71. The van der Waals surface area contributed by atoms with Crippen molar-refractivity contribution in [2.45, 2.75) is 32.2 Å². The second kappa shape index (κ2) is 8.14. The van der Waals surface area contributed by atoms with Crippen LogP contribution in [0.1, 0.15) is 36.5 Å². The number of carbonyl (C=O) groups excluding carboxylic acids is 1. The topological polar surface area (TPSA) is 104 Å². The zero-order valence-corrected chi connectivity index (χ0v) is 13.7. The number of rotatable bonds is 8. The summed E-state index contributed by atoms with van der Waals surface area (Å²) in [6, 6.07) is 6.25. The van der Waals surface area contributed by atoms with Crippen LogP contribution in [0.25, 0.3) is 11.3 Å². The van der Waals surface area contributed by atoms with E-state index in [9.17, 15) is 14.7 Å². The van der Waals surface area contributed by atoms with Gasteiger partial charge in [0.15, 0.2) is 0 Å². The number of carbonyl (C=O) groups is 2. The SMILES string of the molecule is CCCCC(NC(=O)c1cn[nH]c1-c1ccc(OC)cc1)C(=O)O. The van der Waals surface area contributed by atoms with Crippen LogP contribution >= 0.6 is 0 Å². The van der Waals surface area contributed by atoms with Gasteiger partial charge in [-0.05, 0) is 30.7 Å². The molecule has 0 aliphatic heterocycles. The van der Waals surface area contributed by atoms with Gasteiger partial charge in [-0.2, -0.15) is 5.10 Å². The van der Waals surface area contributed by atoms with Gasteiger partial charge >= 0.3 is 5.97 Å². The normalized spacial score (nSPS) is 11.8. The molecule has 0 saturated carbocycles. The molecular formula is C17H21N3O4. The van der Waals surface area contributed by atoms with Crippen LogP contribution in [-0.4, -0.2) is 40.3 Å². The van der Waals surface area contributed by atoms with Crippen LogP contribution in [0.3, 0.4) is 0 Å². The highest BCUT2D eigenvalue weighted by molar-refractivity contribution is 6.01. The number of ether oxygens (including phenoxy) is 1. The number of carboxylic acid groups (broad SMARTS) is 1. The predicted octanol–water partition coefficient (Wildman–Crippen LogP) is 2.46. The largest absolute Gasteiger partial charge is 0.497 e. The van der Waals surface area contributed by atoms with Gasteiger partial charge in [-0.25, -0.2) is 4.79 Å². The smallest absolute Gasteiger partial charge is 0.326 e. The van der Waals surface area contributed by atoms with Crippen molar-refractivity contribution in [2.24, 2.45) is 0 Å². The highest BCUT2D eigenvalue weighted by Crippen LogP contribution is 2.23. The minimum Gasteiger partial charge on any atom is -0.497 e. The van der Waals surface area contributed by atoms with Gasteiger partial charge in [0.05, 0.1) is 24.6 Å². The van der Waals surface area contributed by atoms with E-state index in [4.69, 9.17) is 4.74 Å². The second-order valence-corrected chi connectivity index (χ2v) is 5.39. The molecule has 0 radical (unpaired) electrons. The molecule has 128 valence electrons. The van der Waals surface area contributed by atoms with Gasteiger partial charge in [0.25, 0.3) is 5.91 Å². The van der Waals surface area contributed by atoms with Crippen molar-refractivity contribution in [3.05, 3.63) is 36.0 Å². The lowest BCUT2D eigenvalue weighted by molar-refractivity contribution is -0.139. The van der Waals surface area contributed by atoms with Crippen molar-refractivity contribution < 1.29 is 19.4 Å². The van der Waals surface area contributed by atoms with Crippen LogP contribution in [0.4, 0.5) is 0 Å². The van der Waals surface area contributed by atoms with Crippen LogP contribution in [0, 0.1) is 0 Å². The molecule has 1 unspecified atom stereocenters. The Kier molecular flexibility index (Phi) is 5.95. The number of hydrogen-bond acceptors (Lipinski definition) is 4. The molecule has 1 atom stereocenters. The summed E-state index contributed by atoms with van der Waals surface area (Å²) in [5, 5.41) is 18.5. The highest BCUT2D eigenvalue weighted by Gasteiger charge is 2.22. The number of amides is 1. The first-order valence-electron chi connectivity index (χ1n) is 7.78. The molecule has 0 aliphatic rings. The minimum atomic E-state index is -1.04. The average molecular weight is 331 g/mol. The Morgan fingerprint density at radius 3 is 2.62 bits per heavy atom. The van der Waals surface area contributed by atoms with Crippen molar-refractivity contribution in [3.63, 3.8) is 0 Å². The van der Waals surface area contributed by atoms with Crippen molar-refractivity contribution in [1.82, 2.24) is 15.5 Å². The Morgan fingerprint density at radius 2 is 2.04 bits per heavy atom. The molecule has 0 saturated heterocycles. The van der Waals surface area contributed by atoms with Crippen LogP contribution in [0.2, 0.25) is 0 Å². The molecule has 2 aromatic rings. The Labute approximate surface area is 140 Å². The molecule has 7 nitrogen and oxygen atoms in total. The lowest BCUT2D eigenvalue weighted by Gasteiger charge is -2.14. The highest BCUT2D eigenvalue weighted by atomic mass is 16.5. The first kappa shape index (κ1) is 17.5. The molecule has 0 aliphatic carbocycles. The maximum atomic E-state index is 12.4. The molecule has 3 N–H and O–H groups in total. The van der Waals surface area contributed by atoms with Gasteiger partial charge in [0.1, 0.15) is 11.8 Å². The summed E-state index contributed by atoms with van der Waals surface area (Å²) in [5.74, 6) is -0.792. The molecule has 24 heavy (non-hydrogen) atoms. The van der Waals surface area contributed by atoms with E-state index in [1.807, 2.05) is 6.92 Å². The third-order valence-electron chi connectivity index (χ3n) is 3.71. The second-order valence-electron chi connectivity index (χ2n) is 5.39. The summed E-state index contributed by atoms with van der Waals surface area (Å²) in [4.78, 5) is 23.7. The zero-order chi connectivity index (χ0) is 17.5. The van der Waals surface area contributed by atoms with E-state index in [0.29, 0.717) is 23.4 Å². The van der Waals surface area contributed by atoms with Gasteiger partial charge in [0.2, 0.25) is 0 Å². The number of nitrogens with zero attached hydrogens (tertiary/aromatic N) is 1. The maximum absolute atomic E-state index is 12.4. The summed E-state index contributed by atoms with van der Waals surface area (Å²) in [6.07, 6.45) is 3.39. The Morgan fingerprint density at radius 1 is 1.33 bits per heavy atom. The number of hydrogen-bond donors (Lipinski definition) is 3. The van der Waals surface area contributed by atoms with Crippen molar-refractivity contribution in [1.29, 1.82) is 0 Å². The van der Waals surface area contributed by atoms with Gasteiger partial charge < -0.3 is 15.2 Å². The molecule has 1 amide bonds. The lowest BCUT2D eigenvalue weighted by Crippen LogP contribution is -2.40. The number of unbranched alkanes of at least 4 members (excludes halogenated alkanes) is 1. The number of benzene rings is 1. The molecule has 0 spiro atoms. The predicted molar refractivity (Wildman–Crippen MR) is 89.0 cm³/mol. The van der Waals surface area contributed by atoms with Gasteiger partial charge in [-0.1, -0.05) is 19.8 Å². The summed E-state index contributed by atoms with van der Waals surface area (Å²) in [5.41, 5.74) is 1.61. The fraction of sp³-hybridized carbons (Fsp3) is 0.353. The molecule has 0 bridgehead atoms. The molecule has 1 aromatic carbocycles. The quantitative estimate of drug-likeness (QED) is 0.689. The van der Waals surface area contributed by atoms with Crippen molar-refractivity contribution in [3.8, 4) is 17.0 Å². The third kappa shape index (κ3) is 4.13. The van der Waals surface area contributed by atoms with E-state index in [0.717, 1.165) is 18.4 Å². The fourth-order valence-corrected chi connectivity index (χ4v) is 2.34. The van der Waals surface area contributed by atoms with E-state index in [2.05, 4.69) is 15.5 Å². The minimum absolute atomic E-state index is 0.308. The van der Waals surface area contributed by atoms with Crippen LogP contribution < -0.4 is 10.1 Å². The Hall–Kier alpha value is -2.83. The summed E-state index contributed by atoms with van der Waals surface area (Å²) in [7, 11) is 1.58. The molecule has 2 rings (SSSR count). The van der Waals surface area contributed by atoms with Crippen LogP contribution in [0.15, 0.2) is 30.5 Å². The number of nitrogens with one attached hydrogen (secondary N) is 2. The molecule has 7 heteroatoms. The van der Waals surface area contributed by atoms with E-state index >= 15 is 0 Å².